The lowest BCUT2D eigenvalue weighted by atomic mass is 10.00. The molecule has 6 aromatic carbocycles. The Morgan fingerprint density at radius 1 is 0.509 bits per heavy atom. The van der Waals surface area contributed by atoms with E-state index in [0.717, 1.165) is 24.1 Å². The molecule has 0 radical (unpaired) electrons. The molecule has 0 saturated carbocycles. The fraction of sp³-hybridized carbons (Fsp3) is 0.0588. The van der Waals surface area contributed by atoms with E-state index >= 15 is 0 Å². The van der Waals surface area contributed by atoms with Crippen molar-refractivity contribution in [1.82, 2.24) is 9.13 Å². The Balaban J connectivity index is 1.04. The van der Waals surface area contributed by atoms with E-state index < -0.39 is 0 Å². The molecule has 0 N–H and O–H groups in total. The zero-order valence-corrected chi connectivity index (χ0v) is 30.1. The van der Waals surface area contributed by atoms with Gasteiger partial charge in [0.1, 0.15) is 0 Å². The first kappa shape index (κ1) is 33.5. The molecule has 2 heterocycles. The average Bonchev–Trinajstić information content (AvgIpc) is 3.73. The van der Waals surface area contributed by atoms with Crippen LogP contribution in [0.5, 0.6) is 0 Å². The highest BCUT2D eigenvalue weighted by atomic mass is 15.0. The van der Waals surface area contributed by atoms with Gasteiger partial charge in [-0.3, -0.25) is 0 Å². The summed E-state index contributed by atoms with van der Waals surface area (Å²) in [6, 6.07) is 52.2. The first-order valence-corrected chi connectivity index (χ1v) is 18.4. The molecule has 0 aliphatic rings. The van der Waals surface area contributed by atoms with E-state index in [1.165, 1.54) is 66.0 Å². The number of nitrogens with zero attached hydrogens (tertiary/aromatic N) is 2. The number of para-hydroxylation sites is 6. The molecule has 8 rings (SSSR count). The molecule has 2 nitrogen and oxygen atoms in total. The molecule has 0 aliphatic carbocycles. The van der Waals surface area contributed by atoms with E-state index in [4.69, 9.17) is 0 Å². The van der Waals surface area contributed by atoms with Gasteiger partial charge < -0.3 is 9.13 Å². The molecular weight excluding hydrogens is 641 g/mol. The van der Waals surface area contributed by atoms with Crippen LogP contribution in [0.2, 0.25) is 0 Å². The normalized spacial score (nSPS) is 12.8. The molecule has 0 bridgehead atoms. The lowest BCUT2D eigenvalue weighted by Crippen LogP contribution is -1.99. The maximum absolute atomic E-state index is 3.95. The third kappa shape index (κ3) is 6.41. The lowest BCUT2D eigenvalue weighted by Gasteiger charge is -2.15. The molecule has 8 aromatic rings. The Hall–Kier alpha value is -6.64. The topological polar surface area (TPSA) is 9.86 Å². The van der Waals surface area contributed by atoms with Crippen LogP contribution in [0.25, 0.3) is 66.1 Å². The van der Waals surface area contributed by atoms with Gasteiger partial charge in [0.2, 0.25) is 0 Å². The van der Waals surface area contributed by atoms with Crippen LogP contribution < -0.4 is 0 Å². The molecule has 53 heavy (non-hydrogen) atoms. The predicted molar refractivity (Wildman–Crippen MR) is 230 cm³/mol. The van der Waals surface area contributed by atoms with Crippen LogP contribution in [0.15, 0.2) is 207 Å². The van der Waals surface area contributed by atoms with Gasteiger partial charge in [-0.1, -0.05) is 170 Å². The van der Waals surface area contributed by atoms with Crippen molar-refractivity contribution in [2.75, 3.05) is 0 Å². The maximum Gasteiger partial charge on any atom is 0.0541 e. The highest BCUT2D eigenvalue weighted by Gasteiger charge is 2.16. The summed E-state index contributed by atoms with van der Waals surface area (Å²) in [5.74, 6) is 0. The molecule has 0 aliphatic heterocycles. The van der Waals surface area contributed by atoms with Gasteiger partial charge >= 0.3 is 0 Å². The summed E-state index contributed by atoms with van der Waals surface area (Å²) in [6.45, 7) is 6.09. The van der Waals surface area contributed by atoms with Crippen LogP contribution in [0.4, 0.5) is 0 Å². The standard InChI is InChI=1S/C51H42N2/c1-3-5-23-39(41-27-12-18-33-47(41)53-50-36-21-15-30-44(50)45-31-16-22-37-51(45)53)25-10-8-6-7-9-24-38(4-2)40-26-11-17-32-46(40)52-48-34-19-13-28-42(48)43-29-14-20-35-49(43)52/h3-9,11-23,25-37H,1,10,24H2,2H3/b8-6+,9-7-,23-5-,38-4+,39-25+. The minimum absolute atomic E-state index is 0.801. The summed E-state index contributed by atoms with van der Waals surface area (Å²) in [5.41, 5.74) is 12.1. The Morgan fingerprint density at radius 2 is 0.943 bits per heavy atom. The van der Waals surface area contributed by atoms with E-state index in [1.807, 2.05) is 12.2 Å². The van der Waals surface area contributed by atoms with Crippen molar-refractivity contribution in [2.45, 2.75) is 19.8 Å². The number of benzene rings is 6. The zero-order chi connectivity index (χ0) is 36.0. The molecule has 256 valence electrons. The van der Waals surface area contributed by atoms with Crippen molar-refractivity contribution >= 4 is 54.8 Å². The third-order valence-corrected chi connectivity index (χ3v) is 10.1. The first-order chi connectivity index (χ1) is 26.3. The summed E-state index contributed by atoms with van der Waals surface area (Å²) in [7, 11) is 0. The Bertz CT molecular complexity index is 2650. The van der Waals surface area contributed by atoms with Crippen LogP contribution >= 0.6 is 0 Å². The zero-order valence-electron chi connectivity index (χ0n) is 30.1. The van der Waals surface area contributed by atoms with Gasteiger partial charge in [0, 0.05) is 32.7 Å². The van der Waals surface area contributed by atoms with Crippen molar-refractivity contribution < 1.29 is 0 Å². The third-order valence-electron chi connectivity index (χ3n) is 10.1. The second-order valence-corrected chi connectivity index (χ2v) is 13.1. The Morgan fingerprint density at radius 3 is 1.45 bits per heavy atom. The SMILES string of the molecule is C=C/C=C\C(=C/C/C=C/C=C\C/C(=C\C)c1ccccc1-n1c2ccccc2c2ccccc21)c1ccccc1-n1c2ccccc2c2ccccc21. The van der Waals surface area contributed by atoms with Crippen molar-refractivity contribution in [1.29, 1.82) is 0 Å². The highest BCUT2D eigenvalue weighted by molar-refractivity contribution is 6.10. The van der Waals surface area contributed by atoms with Gasteiger partial charge in [-0.15, -0.1) is 0 Å². The molecule has 0 atom stereocenters. The summed E-state index contributed by atoms with van der Waals surface area (Å²) < 4.78 is 4.81. The number of rotatable bonds is 11. The fourth-order valence-electron chi connectivity index (χ4n) is 7.67. The number of aromatic nitrogens is 2. The Kier molecular flexibility index (Phi) is 9.68. The van der Waals surface area contributed by atoms with Gasteiger partial charge in [0.25, 0.3) is 0 Å². The number of fused-ring (bicyclic) bond motifs is 6. The molecule has 0 unspecified atom stereocenters. The van der Waals surface area contributed by atoms with Gasteiger partial charge in [0.05, 0.1) is 33.4 Å². The Labute approximate surface area is 312 Å². The maximum atomic E-state index is 3.95. The minimum atomic E-state index is 0.801. The van der Waals surface area contributed by atoms with Crippen LogP contribution in [0.1, 0.15) is 30.9 Å². The monoisotopic (exact) mass is 682 g/mol. The van der Waals surface area contributed by atoms with Crippen molar-refractivity contribution in [2.24, 2.45) is 0 Å². The smallest absolute Gasteiger partial charge is 0.0541 e. The molecular formula is C51H42N2. The van der Waals surface area contributed by atoms with Gasteiger partial charge in [-0.25, -0.2) is 0 Å². The molecule has 0 amide bonds. The summed E-state index contributed by atoms with van der Waals surface area (Å²) in [4.78, 5) is 0. The summed E-state index contributed by atoms with van der Waals surface area (Å²) in [5, 5.41) is 5.07. The van der Waals surface area contributed by atoms with E-state index in [-0.39, 0.29) is 0 Å². The average molecular weight is 683 g/mol. The molecule has 0 fully saturated rings. The minimum Gasteiger partial charge on any atom is -0.309 e. The molecule has 2 heteroatoms. The molecule has 0 spiro atoms. The summed E-state index contributed by atoms with van der Waals surface area (Å²) >= 11 is 0. The van der Waals surface area contributed by atoms with Crippen molar-refractivity contribution in [3.63, 3.8) is 0 Å². The van der Waals surface area contributed by atoms with Crippen LogP contribution in [0, 0.1) is 0 Å². The largest absolute Gasteiger partial charge is 0.309 e. The number of allylic oxidation sites excluding steroid dienone is 11. The second kappa shape index (κ2) is 15.3. The first-order valence-electron chi connectivity index (χ1n) is 18.4. The fourth-order valence-corrected chi connectivity index (χ4v) is 7.67. The van der Waals surface area contributed by atoms with E-state index in [0.29, 0.717) is 0 Å². The van der Waals surface area contributed by atoms with Crippen LogP contribution in [0.3, 0.4) is 0 Å². The molecule has 0 saturated heterocycles. The predicted octanol–water partition coefficient (Wildman–Crippen LogP) is 14.0. The van der Waals surface area contributed by atoms with E-state index in [2.05, 4.69) is 211 Å². The van der Waals surface area contributed by atoms with Gasteiger partial charge in [-0.05, 0) is 67.3 Å². The second-order valence-electron chi connectivity index (χ2n) is 13.1. The van der Waals surface area contributed by atoms with Crippen LogP contribution in [-0.4, -0.2) is 9.13 Å². The number of hydrogen-bond acceptors (Lipinski definition) is 0. The van der Waals surface area contributed by atoms with Gasteiger partial charge in [0.15, 0.2) is 0 Å². The lowest BCUT2D eigenvalue weighted by molar-refractivity contribution is 1.16. The quantitative estimate of drug-likeness (QED) is 0.120. The van der Waals surface area contributed by atoms with Crippen LogP contribution in [-0.2, 0) is 0 Å². The van der Waals surface area contributed by atoms with Gasteiger partial charge in [-0.2, -0.15) is 0 Å². The van der Waals surface area contributed by atoms with E-state index in [1.54, 1.807) is 0 Å². The summed E-state index contributed by atoms with van der Waals surface area (Å²) in [6.07, 6.45) is 21.0. The highest BCUT2D eigenvalue weighted by Crippen LogP contribution is 2.37. The van der Waals surface area contributed by atoms with Crippen molar-refractivity contribution in [3.05, 3.63) is 218 Å². The molecule has 2 aromatic heterocycles. The number of hydrogen-bond donors (Lipinski definition) is 0. The van der Waals surface area contributed by atoms with Crippen molar-refractivity contribution in [3.8, 4) is 11.4 Å². The van der Waals surface area contributed by atoms with E-state index in [9.17, 15) is 0 Å².